The Labute approximate surface area is 112 Å². The van der Waals surface area contributed by atoms with Crippen LogP contribution >= 0.6 is 12.6 Å². The number of carbonyl (C=O) groups is 1. The van der Waals surface area contributed by atoms with E-state index in [4.69, 9.17) is 0 Å². The maximum absolute atomic E-state index is 11.0. The van der Waals surface area contributed by atoms with Crippen molar-refractivity contribution in [2.45, 2.75) is 26.2 Å². The number of aromatic nitrogens is 1. The van der Waals surface area contributed by atoms with Crippen molar-refractivity contribution >= 4 is 28.8 Å². The molecular weight excluding hydrogens is 244 g/mol. The molecule has 0 atom stereocenters. The van der Waals surface area contributed by atoms with Gasteiger partial charge in [-0.1, -0.05) is 44.7 Å². The number of hydrogen-bond acceptors (Lipinski definition) is 1. The Morgan fingerprint density at radius 2 is 2.06 bits per heavy atom. The minimum Gasteiger partial charge on any atom is -0.358 e. The molecule has 0 radical (unpaired) electrons. The summed E-state index contributed by atoms with van der Waals surface area (Å²) >= 11 is 3.75. The number of benzene rings is 1. The van der Waals surface area contributed by atoms with Gasteiger partial charge in [0.15, 0.2) is 0 Å². The molecule has 0 saturated heterocycles. The molecule has 0 fully saturated rings. The monoisotopic (exact) mass is 262 g/mol. The topological polar surface area (TPSA) is 44.9 Å². The van der Waals surface area contributed by atoms with E-state index in [0.717, 1.165) is 11.2 Å². The Morgan fingerprint density at radius 1 is 1.39 bits per heavy atom. The van der Waals surface area contributed by atoms with E-state index in [-0.39, 0.29) is 10.7 Å². The van der Waals surface area contributed by atoms with Crippen molar-refractivity contribution < 1.29 is 4.79 Å². The zero-order chi connectivity index (χ0) is 13.3. The summed E-state index contributed by atoms with van der Waals surface area (Å²) in [7, 11) is 0. The molecule has 2 rings (SSSR count). The van der Waals surface area contributed by atoms with Crippen molar-refractivity contribution in [3.8, 4) is 0 Å². The van der Waals surface area contributed by atoms with E-state index in [1.807, 2.05) is 12.1 Å². The summed E-state index contributed by atoms with van der Waals surface area (Å²) in [6.45, 7) is 6.89. The quantitative estimate of drug-likeness (QED) is 0.729. The van der Waals surface area contributed by atoms with Gasteiger partial charge in [0.05, 0.1) is 0 Å². The SMILES string of the molecule is Cc1[nH]c2ccccc2c1C(C)(C)CNC(=O)S. The fraction of sp³-hybridized carbons (Fsp3) is 0.357. The highest BCUT2D eigenvalue weighted by Gasteiger charge is 2.26. The predicted octanol–water partition coefficient (Wildman–Crippen LogP) is 3.39. The highest BCUT2D eigenvalue weighted by molar-refractivity contribution is 7.96. The van der Waals surface area contributed by atoms with Crippen molar-refractivity contribution in [1.82, 2.24) is 10.3 Å². The molecule has 0 aliphatic rings. The van der Waals surface area contributed by atoms with Crippen molar-refractivity contribution in [3.05, 3.63) is 35.5 Å². The number of carbonyl (C=O) groups excluding carboxylic acids is 1. The lowest BCUT2D eigenvalue weighted by molar-refractivity contribution is 0.259. The molecule has 3 nitrogen and oxygen atoms in total. The van der Waals surface area contributed by atoms with E-state index in [0.29, 0.717) is 6.54 Å². The standard InChI is InChI=1S/C14H18N2OS/c1-9-12(14(2,3)8-15-13(17)18)10-6-4-5-7-11(10)16-9/h4-7,16H,8H2,1-3H3,(H2,15,17,18). The number of para-hydroxylation sites is 1. The average Bonchev–Trinajstić information content (AvgIpc) is 2.63. The summed E-state index contributed by atoms with van der Waals surface area (Å²) < 4.78 is 0. The van der Waals surface area contributed by atoms with Crippen molar-refractivity contribution in [3.63, 3.8) is 0 Å². The highest BCUT2D eigenvalue weighted by Crippen LogP contribution is 2.32. The first kappa shape index (κ1) is 13.0. The van der Waals surface area contributed by atoms with Gasteiger partial charge in [-0.3, -0.25) is 4.79 Å². The number of aromatic amines is 1. The summed E-state index contributed by atoms with van der Waals surface area (Å²) in [5, 5.41) is 3.70. The van der Waals surface area contributed by atoms with Crippen LogP contribution in [0.3, 0.4) is 0 Å². The smallest absolute Gasteiger partial charge is 0.276 e. The van der Waals surface area contributed by atoms with Crippen LogP contribution in [0.15, 0.2) is 24.3 Å². The maximum Gasteiger partial charge on any atom is 0.276 e. The summed E-state index contributed by atoms with van der Waals surface area (Å²) in [4.78, 5) is 14.3. The molecule has 0 saturated carbocycles. The summed E-state index contributed by atoms with van der Waals surface area (Å²) in [5.41, 5.74) is 3.40. The van der Waals surface area contributed by atoms with Crippen LogP contribution in [0.2, 0.25) is 0 Å². The molecule has 0 aliphatic heterocycles. The second-order valence-corrected chi connectivity index (χ2v) is 5.62. The average molecular weight is 262 g/mol. The summed E-state index contributed by atoms with van der Waals surface area (Å²) in [5.74, 6) is 0. The number of H-pyrrole nitrogens is 1. The fourth-order valence-corrected chi connectivity index (χ4v) is 2.61. The van der Waals surface area contributed by atoms with Gasteiger partial charge in [0.25, 0.3) is 5.24 Å². The first-order chi connectivity index (χ1) is 8.42. The van der Waals surface area contributed by atoms with E-state index >= 15 is 0 Å². The molecule has 2 aromatic rings. The van der Waals surface area contributed by atoms with Gasteiger partial charge in [0.2, 0.25) is 0 Å². The molecule has 4 heteroatoms. The fourth-order valence-electron chi connectivity index (χ4n) is 2.53. The lowest BCUT2D eigenvalue weighted by Gasteiger charge is -2.25. The van der Waals surface area contributed by atoms with Crippen LogP contribution < -0.4 is 5.32 Å². The second kappa shape index (κ2) is 4.69. The normalized spacial score (nSPS) is 11.8. The number of thiol groups is 1. The van der Waals surface area contributed by atoms with E-state index in [9.17, 15) is 4.79 Å². The molecule has 18 heavy (non-hydrogen) atoms. The van der Waals surface area contributed by atoms with Gasteiger partial charge in [-0.25, -0.2) is 0 Å². The van der Waals surface area contributed by atoms with E-state index in [2.05, 4.69) is 55.8 Å². The van der Waals surface area contributed by atoms with Gasteiger partial charge in [-0.15, -0.1) is 0 Å². The van der Waals surface area contributed by atoms with Gasteiger partial charge in [-0.2, -0.15) is 0 Å². The molecule has 0 aliphatic carbocycles. The third-order valence-electron chi connectivity index (χ3n) is 3.25. The zero-order valence-electron chi connectivity index (χ0n) is 10.9. The Morgan fingerprint density at radius 3 is 2.72 bits per heavy atom. The van der Waals surface area contributed by atoms with Crippen molar-refractivity contribution in [1.29, 1.82) is 0 Å². The Balaban J connectivity index is 2.45. The Kier molecular flexibility index (Phi) is 3.39. The zero-order valence-corrected chi connectivity index (χ0v) is 11.8. The van der Waals surface area contributed by atoms with Crippen molar-refractivity contribution in [2.24, 2.45) is 0 Å². The molecule has 2 N–H and O–H groups in total. The number of hydrogen-bond donors (Lipinski definition) is 3. The van der Waals surface area contributed by atoms with Crippen LogP contribution in [-0.4, -0.2) is 16.8 Å². The van der Waals surface area contributed by atoms with E-state index in [1.165, 1.54) is 10.9 Å². The van der Waals surface area contributed by atoms with Crippen molar-refractivity contribution in [2.75, 3.05) is 6.54 Å². The van der Waals surface area contributed by atoms with Crippen LogP contribution in [0.4, 0.5) is 4.79 Å². The number of rotatable bonds is 3. The number of amides is 1. The molecule has 1 heterocycles. The number of fused-ring (bicyclic) bond motifs is 1. The first-order valence-corrected chi connectivity index (χ1v) is 6.41. The maximum atomic E-state index is 11.0. The minimum atomic E-state index is -0.291. The van der Waals surface area contributed by atoms with Crippen LogP contribution in [0.5, 0.6) is 0 Å². The van der Waals surface area contributed by atoms with E-state index < -0.39 is 0 Å². The third-order valence-corrected chi connectivity index (χ3v) is 3.41. The molecule has 0 spiro atoms. The number of nitrogens with one attached hydrogen (secondary N) is 2. The molecule has 0 bridgehead atoms. The van der Waals surface area contributed by atoms with Crippen LogP contribution in [0, 0.1) is 6.92 Å². The molecule has 1 aromatic heterocycles. The van der Waals surface area contributed by atoms with Gasteiger partial charge < -0.3 is 10.3 Å². The van der Waals surface area contributed by atoms with Crippen LogP contribution in [-0.2, 0) is 5.41 Å². The summed E-state index contributed by atoms with van der Waals surface area (Å²) in [6, 6.07) is 8.23. The van der Waals surface area contributed by atoms with Gasteiger partial charge in [-0.05, 0) is 18.6 Å². The molecule has 1 aromatic carbocycles. The lowest BCUT2D eigenvalue weighted by Crippen LogP contribution is -2.34. The summed E-state index contributed by atoms with van der Waals surface area (Å²) in [6.07, 6.45) is 0. The second-order valence-electron chi connectivity index (χ2n) is 5.21. The molecule has 1 amide bonds. The van der Waals surface area contributed by atoms with Gasteiger partial charge >= 0.3 is 0 Å². The van der Waals surface area contributed by atoms with Gasteiger partial charge in [0.1, 0.15) is 0 Å². The highest BCUT2D eigenvalue weighted by atomic mass is 32.1. The lowest BCUT2D eigenvalue weighted by atomic mass is 9.82. The minimum absolute atomic E-state index is 0.137. The first-order valence-electron chi connectivity index (χ1n) is 5.96. The Bertz CT molecular complexity index is 586. The van der Waals surface area contributed by atoms with Gasteiger partial charge in [0, 0.05) is 28.6 Å². The van der Waals surface area contributed by atoms with E-state index in [1.54, 1.807) is 0 Å². The largest absolute Gasteiger partial charge is 0.358 e. The Hall–Kier alpha value is -1.42. The third kappa shape index (κ3) is 2.38. The predicted molar refractivity (Wildman–Crippen MR) is 78.4 cm³/mol. The number of aryl methyl sites for hydroxylation is 1. The van der Waals surface area contributed by atoms with Crippen LogP contribution in [0.1, 0.15) is 25.1 Å². The molecule has 0 unspecified atom stereocenters. The van der Waals surface area contributed by atoms with Crippen LogP contribution in [0.25, 0.3) is 10.9 Å². The molecular formula is C14H18N2OS. The molecule has 96 valence electrons.